The van der Waals surface area contributed by atoms with Gasteiger partial charge in [-0.3, -0.25) is 0 Å². The van der Waals surface area contributed by atoms with Gasteiger partial charge in [0, 0.05) is 13.2 Å². The molecule has 0 saturated heterocycles. The summed E-state index contributed by atoms with van der Waals surface area (Å²) >= 11 is 0. The van der Waals surface area contributed by atoms with E-state index < -0.39 is 0 Å². The summed E-state index contributed by atoms with van der Waals surface area (Å²) in [6, 6.07) is 8.42. The molecule has 1 aromatic rings. The largest absolute Gasteiger partial charge is 0.377 e. The van der Waals surface area contributed by atoms with Crippen LogP contribution in [0.15, 0.2) is 24.3 Å². The van der Waals surface area contributed by atoms with E-state index >= 15 is 0 Å². The first kappa shape index (κ1) is 14.2. The molecule has 0 amide bonds. The smallest absolute Gasteiger partial charge is 0.0720 e. The maximum Gasteiger partial charge on any atom is 0.0720 e. The van der Waals surface area contributed by atoms with Crippen LogP contribution < -0.4 is 5.32 Å². The average molecular weight is 236 g/mol. The first-order chi connectivity index (χ1) is 8.24. The van der Waals surface area contributed by atoms with Crippen molar-refractivity contribution >= 4 is 0 Å². The molecule has 0 heterocycles. The third-order valence-corrected chi connectivity index (χ3v) is 2.64. The summed E-state index contributed by atoms with van der Waals surface area (Å²) in [5.74, 6) is 0. The number of nitrogens with one attached hydrogen (secondary N) is 1. The normalized spacial score (nSPS) is 11.1. The van der Waals surface area contributed by atoms with Crippen LogP contribution >= 0.6 is 0 Å². The summed E-state index contributed by atoms with van der Waals surface area (Å²) in [5.41, 5.74) is 2.61. The molecule has 1 N–H and O–H groups in total. The fourth-order valence-corrected chi connectivity index (χ4v) is 1.73. The molecule has 17 heavy (non-hydrogen) atoms. The predicted molar refractivity (Wildman–Crippen MR) is 72.0 cm³/mol. The van der Waals surface area contributed by atoms with E-state index in [1.807, 2.05) is 7.05 Å². The molecular formula is C14H24N2O. The molecular weight excluding hydrogens is 212 g/mol. The van der Waals surface area contributed by atoms with Crippen LogP contribution in [0.1, 0.15) is 17.5 Å². The molecule has 0 aromatic heterocycles. The summed E-state index contributed by atoms with van der Waals surface area (Å²) in [7, 11) is 6.14. The zero-order valence-electron chi connectivity index (χ0n) is 11.2. The molecule has 1 rings (SSSR count). The highest BCUT2D eigenvalue weighted by Gasteiger charge is 2.00. The lowest BCUT2D eigenvalue weighted by Crippen LogP contribution is -2.15. The van der Waals surface area contributed by atoms with E-state index in [4.69, 9.17) is 4.74 Å². The molecule has 0 radical (unpaired) electrons. The maximum absolute atomic E-state index is 5.70. The lowest BCUT2D eigenvalue weighted by Gasteiger charge is -2.11. The summed E-state index contributed by atoms with van der Waals surface area (Å²) in [5, 5.41) is 3.18. The van der Waals surface area contributed by atoms with E-state index in [0.29, 0.717) is 6.61 Å². The number of benzene rings is 1. The van der Waals surface area contributed by atoms with Gasteiger partial charge in [0.25, 0.3) is 0 Å². The molecule has 0 fully saturated rings. The molecule has 0 atom stereocenters. The van der Waals surface area contributed by atoms with E-state index in [1.54, 1.807) is 0 Å². The number of hydrogen-bond donors (Lipinski definition) is 1. The second kappa shape index (κ2) is 8.23. The van der Waals surface area contributed by atoms with E-state index in [0.717, 1.165) is 26.1 Å². The Morgan fingerprint density at radius 1 is 1.18 bits per heavy atom. The molecule has 3 heteroatoms. The van der Waals surface area contributed by atoms with Crippen LogP contribution in [-0.4, -0.2) is 39.2 Å². The highest BCUT2D eigenvalue weighted by atomic mass is 16.5. The highest BCUT2D eigenvalue weighted by Crippen LogP contribution is 2.09. The van der Waals surface area contributed by atoms with Gasteiger partial charge in [-0.05, 0) is 45.2 Å². The van der Waals surface area contributed by atoms with Gasteiger partial charge in [0.15, 0.2) is 0 Å². The average Bonchev–Trinajstić information content (AvgIpc) is 2.31. The third-order valence-electron chi connectivity index (χ3n) is 2.64. The SMILES string of the molecule is CNCc1ccccc1COCCCN(C)C. The number of nitrogens with zero attached hydrogens (tertiary/aromatic N) is 1. The standard InChI is InChI=1S/C14H24N2O/c1-15-11-13-7-4-5-8-14(13)12-17-10-6-9-16(2)3/h4-5,7-8,15H,6,9-12H2,1-3H3. The first-order valence-corrected chi connectivity index (χ1v) is 6.18. The van der Waals surface area contributed by atoms with Crippen molar-refractivity contribution in [3.05, 3.63) is 35.4 Å². The minimum absolute atomic E-state index is 0.714. The number of rotatable bonds is 8. The van der Waals surface area contributed by atoms with Crippen LogP contribution in [0.3, 0.4) is 0 Å². The molecule has 3 nitrogen and oxygen atoms in total. The Hall–Kier alpha value is -0.900. The van der Waals surface area contributed by atoms with Gasteiger partial charge in [-0.25, -0.2) is 0 Å². The molecule has 0 bridgehead atoms. The Labute approximate surface area is 105 Å². The van der Waals surface area contributed by atoms with E-state index in [1.165, 1.54) is 11.1 Å². The van der Waals surface area contributed by atoms with Crippen LogP contribution in [0, 0.1) is 0 Å². The predicted octanol–water partition coefficient (Wildman–Crippen LogP) is 1.87. The zero-order valence-corrected chi connectivity index (χ0v) is 11.2. The Bertz CT molecular complexity index is 313. The minimum atomic E-state index is 0.714. The second-order valence-corrected chi connectivity index (χ2v) is 4.51. The third kappa shape index (κ3) is 5.82. The van der Waals surface area contributed by atoms with Gasteiger partial charge in [-0.2, -0.15) is 0 Å². The van der Waals surface area contributed by atoms with Gasteiger partial charge < -0.3 is 15.0 Å². The van der Waals surface area contributed by atoms with Crippen LogP contribution in [0.4, 0.5) is 0 Å². The highest BCUT2D eigenvalue weighted by molar-refractivity contribution is 5.26. The van der Waals surface area contributed by atoms with Gasteiger partial charge in [-0.1, -0.05) is 24.3 Å². The Morgan fingerprint density at radius 2 is 1.88 bits per heavy atom. The monoisotopic (exact) mass is 236 g/mol. The molecule has 0 unspecified atom stereocenters. The fourth-order valence-electron chi connectivity index (χ4n) is 1.73. The van der Waals surface area contributed by atoms with Crippen LogP contribution in [0.2, 0.25) is 0 Å². The van der Waals surface area contributed by atoms with Gasteiger partial charge in [0.1, 0.15) is 0 Å². The molecule has 0 aliphatic carbocycles. The maximum atomic E-state index is 5.70. The quantitative estimate of drug-likeness (QED) is 0.697. The van der Waals surface area contributed by atoms with Crippen molar-refractivity contribution in [3.8, 4) is 0 Å². The first-order valence-electron chi connectivity index (χ1n) is 6.18. The molecule has 0 saturated carbocycles. The lowest BCUT2D eigenvalue weighted by molar-refractivity contribution is 0.112. The van der Waals surface area contributed by atoms with Crippen molar-refractivity contribution in [2.24, 2.45) is 0 Å². The Balaban J connectivity index is 2.30. The zero-order chi connectivity index (χ0) is 12.5. The molecule has 0 aliphatic heterocycles. The van der Waals surface area contributed by atoms with Crippen molar-refractivity contribution in [1.82, 2.24) is 10.2 Å². The Kier molecular flexibility index (Phi) is 6.86. The summed E-state index contributed by atoms with van der Waals surface area (Å²) < 4.78 is 5.70. The van der Waals surface area contributed by atoms with E-state index in [9.17, 15) is 0 Å². The van der Waals surface area contributed by atoms with Crippen molar-refractivity contribution in [2.45, 2.75) is 19.6 Å². The molecule has 0 spiro atoms. The molecule has 0 aliphatic rings. The van der Waals surface area contributed by atoms with E-state index in [-0.39, 0.29) is 0 Å². The second-order valence-electron chi connectivity index (χ2n) is 4.51. The van der Waals surface area contributed by atoms with Crippen LogP contribution in [-0.2, 0) is 17.9 Å². The van der Waals surface area contributed by atoms with Crippen molar-refractivity contribution in [1.29, 1.82) is 0 Å². The van der Waals surface area contributed by atoms with Crippen molar-refractivity contribution in [2.75, 3.05) is 34.3 Å². The van der Waals surface area contributed by atoms with Crippen molar-refractivity contribution in [3.63, 3.8) is 0 Å². The van der Waals surface area contributed by atoms with Crippen LogP contribution in [0.5, 0.6) is 0 Å². The topological polar surface area (TPSA) is 24.5 Å². The summed E-state index contributed by atoms with van der Waals surface area (Å²) in [6.45, 7) is 3.52. The minimum Gasteiger partial charge on any atom is -0.377 e. The number of ether oxygens (including phenoxy) is 1. The molecule has 1 aromatic carbocycles. The number of hydrogen-bond acceptors (Lipinski definition) is 3. The summed E-state index contributed by atoms with van der Waals surface area (Å²) in [4.78, 5) is 2.18. The molecule has 96 valence electrons. The van der Waals surface area contributed by atoms with Gasteiger partial charge in [-0.15, -0.1) is 0 Å². The van der Waals surface area contributed by atoms with Crippen LogP contribution in [0.25, 0.3) is 0 Å². The Morgan fingerprint density at radius 3 is 2.53 bits per heavy atom. The van der Waals surface area contributed by atoms with Gasteiger partial charge in [0.05, 0.1) is 6.61 Å². The van der Waals surface area contributed by atoms with E-state index in [2.05, 4.69) is 48.6 Å². The fraction of sp³-hybridized carbons (Fsp3) is 0.571. The van der Waals surface area contributed by atoms with Crippen molar-refractivity contribution < 1.29 is 4.74 Å². The van der Waals surface area contributed by atoms with Gasteiger partial charge >= 0.3 is 0 Å². The summed E-state index contributed by atoms with van der Waals surface area (Å²) in [6.07, 6.45) is 1.08. The lowest BCUT2D eigenvalue weighted by atomic mass is 10.1. The van der Waals surface area contributed by atoms with Gasteiger partial charge in [0.2, 0.25) is 0 Å².